The molecule has 3 heteroatoms. The first-order chi connectivity index (χ1) is 7.67. The van der Waals surface area contributed by atoms with Crippen molar-refractivity contribution in [2.24, 2.45) is 5.92 Å². The van der Waals surface area contributed by atoms with Crippen LogP contribution < -0.4 is 0 Å². The highest BCUT2D eigenvalue weighted by Crippen LogP contribution is 2.18. The van der Waals surface area contributed by atoms with Crippen LogP contribution in [-0.2, 0) is 6.54 Å². The topological polar surface area (TPSA) is 27.0 Å². The van der Waals surface area contributed by atoms with E-state index in [1.807, 2.05) is 6.07 Å². The second-order valence-corrected chi connectivity index (χ2v) is 4.59. The molecule has 1 saturated heterocycles. The minimum atomic E-state index is -0.318. The van der Waals surface area contributed by atoms with Gasteiger partial charge in [-0.05, 0) is 42.6 Å². The summed E-state index contributed by atoms with van der Waals surface area (Å²) in [5.41, 5.74) is 1.30. The Morgan fingerprint density at radius 1 is 1.50 bits per heavy atom. The zero-order chi connectivity index (χ0) is 11.5. The number of rotatable bonds is 2. The molecule has 1 unspecified atom stereocenters. The molecule has 1 atom stereocenters. The molecule has 0 aliphatic carbocycles. The number of nitriles is 1. The maximum atomic E-state index is 13.2. The van der Waals surface area contributed by atoms with Crippen LogP contribution in [0.2, 0.25) is 0 Å². The molecule has 0 saturated carbocycles. The SMILES string of the molecule is CC1CCN(Cc2cc(F)cc(C#N)c2)C1. The molecule has 84 valence electrons. The Morgan fingerprint density at radius 2 is 2.31 bits per heavy atom. The van der Waals surface area contributed by atoms with Crippen LogP contribution in [0.1, 0.15) is 24.5 Å². The monoisotopic (exact) mass is 218 g/mol. The van der Waals surface area contributed by atoms with Gasteiger partial charge in [0, 0.05) is 13.1 Å². The third-order valence-electron chi connectivity index (χ3n) is 3.00. The molecule has 1 aliphatic rings. The quantitative estimate of drug-likeness (QED) is 0.762. The van der Waals surface area contributed by atoms with Crippen molar-refractivity contribution in [1.29, 1.82) is 5.26 Å². The lowest BCUT2D eigenvalue weighted by atomic mass is 10.1. The fourth-order valence-electron chi connectivity index (χ4n) is 2.23. The first kappa shape index (κ1) is 11.1. The fourth-order valence-corrected chi connectivity index (χ4v) is 2.23. The van der Waals surface area contributed by atoms with E-state index in [1.165, 1.54) is 18.6 Å². The zero-order valence-corrected chi connectivity index (χ0v) is 9.41. The molecule has 0 radical (unpaired) electrons. The molecule has 0 amide bonds. The summed E-state index contributed by atoms with van der Waals surface area (Å²) >= 11 is 0. The molecule has 1 heterocycles. The number of halogens is 1. The lowest BCUT2D eigenvalue weighted by molar-refractivity contribution is 0.320. The van der Waals surface area contributed by atoms with Crippen LogP contribution in [0.25, 0.3) is 0 Å². The van der Waals surface area contributed by atoms with E-state index in [0.29, 0.717) is 5.56 Å². The van der Waals surface area contributed by atoms with Gasteiger partial charge in [0.2, 0.25) is 0 Å². The maximum absolute atomic E-state index is 13.2. The van der Waals surface area contributed by atoms with Crippen LogP contribution in [-0.4, -0.2) is 18.0 Å². The van der Waals surface area contributed by atoms with Crippen molar-refractivity contribution >= 4 is 0 Å². The van der Waals surface area contributed by atoms with Crippen molar-refractivity contribution in [1.82, 2.24) is 4.90 Å². The van der Waals surface area contributed by atoms with Gasteiger partial charge in [0.05, 0.1) is 11.6 Å². The Kier molecular flexibility index (Phi) is 3.21. The first-order valence-electron chi connectivity index (χ1n) is 5.59. The Hall–Kier alpha value is -1.40. The zero-order valence-electron chi connectivity index (χ0n) is 9.41. The van der Waals surface area contributed by atoms with Crippen molar-refractivity contribution in [3.05, 3.63) is 35.1 Å². The van der Waals surface area contributed by atoms with Gasteiger partial charge in [-0.25, -0.2) is 4.39 Å². The number of benzene rings is 1. The molecule has 0 bridgehead atoms. The van der Waals surface area contributed by atoms with Gasteiger partial charge >= 0.3 is 0 Å². The molecule has 1 aliphatic heterocycles. The third kappa shape index (κ3) is 2.59. The van der Waals surface area contributed by atoms with E-state index in [-0.39, 0.29) is 5.82 Å². The van der Waals surface area contributed by atoms with E-state index in [4.69, 9.17) is 5.26 Å². The summed E-state index contributed by atoms with van der Waals surface area (Å²) in [6.45, 7) is 5.11. The largest absolute Gasteiger partial charge is 0.299 e. The Balaban J connectivity index is 2.10. The first-order valence-corrected chi connectivity index (χ1v) is 5.59. The van der Waals surface area contributed by atoms with E-state index in [0.717, 1.165) is 31.1 Å². The molecule has 0 spiro atoms. The number of hydrogen-bond acceptors (Lipinski definition) is 2. The highest BCUT2D eigenvalue weighted by molar-refractivity contribution is 5.33. The van der Waals surface area contributed by atoms with Crippen molar-refractivity contribution in [2.45, 2.75) is 19.9 Å². The van der Waals surface area contributed by atoms with Crippen LogP contribution in [0.5, 0.6) is 0 Å². The molecular formula is C13H15FN2. The second-order valence-electron chi connectivity index (χ2n) is 4.59. The Labute approximate surface area is 95.3 Å². The number of hydrogen-bond donors (Lipinski definition) is 0. The van der Waals surface area contributed by atoms with E-state index in [1.54, 1.807) is 6.07 Å². The summed E-state index contributed by atoms with van der Waals surface area (Å²) in [6, 6.07) is 6.54. The second kappa shape index (κ2) is 4.63. The summed E-state index contributed by atoms with van der Waals surface area (Å²) < 4.78 is 13.2. The molecule has 16 heavy (non-hydrogen) atoms. The Morgan fingerprint density at radius 3 is 2.94 bits per heavy atom. The molecule has 0 aromatic heterocycles. The van der Waals surface area contributed by atoms with Crippen molar-refractivity contribution in [2.75, 3.05) is 13.1 Å². The van der Waals surface area contributed by atoms with Gasteiger partial charge in [-0.15, -0.1) is 0 Å². The molecule has 1 aromatic rings. The van der Waals surface area contributed by atoms with Gasteiger partial charge in [-0.2, -0.15) is 5.26 Å². The van der Waals surface area contributed by atoms with Crippen LogP contribution in [0.15, 0.2) is 18.2 Å². The molecule has 0 N–H and O–H groups in total. The summed E-state index contributed by atoms with van der Waals surface area (Å²) in [4.78, 5) is 2.31. The van der Waals surface area contributed by atoms with E-state index in [2.05, 4.69) is 11.8 Å². The van der Waals surface area contributed by atoms with Gasteiger partial charge in [-0.3, -0.25) is 4.90 Å². The standard InChI is InChI=1S/C13H15FN2/c1-10-2-3-16(8-10)9-12-4-11(7-15)5-13(14)6-12/h4-6,10H,2-3,8-9H2,1H3. The van der Waals surface area contributed by atoms with Crippen LogP contribution >= 0.6 is 0 Å². The molecule has 1 fully saturated rings. The lowest BCUT2D eigenvalue weighted by Crippen LogP contribution is -2.19. The third-order valence-corrected chi connectivity index (χ3v) is 3.00. The Bertz CT molecular complexity index is 422. The fraction of sp³-hybridized carbons (Fsp3) is 0.462. The van der Waals surface area contributed by atoms with Gasteiger partial charge < -0.3 is 0 Å². The lowest BCUT2D eigenvalue weighted by Gasteiger charge is -2.15. The van der Waals surface area contributed by atoms with Gasteiger partial charge in [-0.1, -0.05) is 6.92 Å². The van der Waals surface area contributed by atoms with Gasteiger partial charge in [0.25, 0.3) is 0 Å². The van der Waals surface area contributed by atoms with Crippen molar-refractivity contribution in [3.63, 3.8) is 0 Å². The predicted molar refractivity (Wildman–Crippen MR) is 60.2 cm³/mol. The van der Waals surface area contributed by atoms with E-state index >= 15 is 0 Å². The average Bonchev–Trinajstić information content (AvgIpc) is 2.63. The van der Waals surface area contributed by atoms with Crippen molar-refractivity contribution < 1.29 is 4.39 Å². The van der Waals surface area contributed by atoms with Crippen LogP contribution in [0.3, 0.4) is 0 Å². The summed E-state index contributed by atoms with van der Waals surface area (Å²) in [5.74, 6) is 0.408. The molecular weight excluding hydrogens is 203 g/mol. The van der Waals surface area contributed by atoms with Crippen LogP contribution in [0.4, 0.5) is 4.39 Å². The molecule has 2 rings (SSSR count). The van der Waals surface area contributed by atoms with Crippen LogP contribution in [0, 0.1) is 23.1 Å². The predicted octanol–water partition coefficient (Wildman–Crippen LogP) is 2.54. The molecule has 1 aromatic carbocycles. The van der Waals surface area contributed by atoms with E-state index in [9.17, 15) is 4.39 Å². The highest BCUT2D eigenvalue weighted by Gasteiger charge is 2.18. The van der Waals surface area contributed by atoms with Crippen molar-refractivity contribution in [3.8, 4) is 6.07 Å². The molecule has 2 nitrogen and oxygen atoms in total. The summed E-state index contributed by atoms with van der Waals surface area (Å²) in [6.07, 6.45) is 1.21. The normalized spacial score (nSPS) is 20.9. The average molecular weight is 218 g/mol. The number of likely N-dealkylation sites (tertiary alicyclic amines) is 1. The smallest absolute Gasteiger partial charge is 0.124 e. The van der Waals surface area contributed by atoms with Gasteiger partial charge in [0.15, 0.2) is 0 Å². The minimum Gasteiger partial charge on any atom is -0.299 e. The highest BCUT2D eigenvalue weighted by atomic mass is 19.1. The minimum absolute atomic E-state index is 0.318. The maximum Gasteiger partial charge on any atom is 0.124 e. The number of nitrogens with zero attached hydrogens (tertiary/aromatic N) is 2. The van der Waals surface area contributed by atoms with E-state index < -0.39 is 0 Å². The summed E-state index contributed by atoms with van der Waals surface area (Å²) in [7, 11) is 0. The summed E-state index contributed by atoms with van der Waals surface area (Å²) in [5, 5.41) is 8.76. The van der Waals surface area contributed by atoms with Gasteiger partial charge in [0.1, 0.15) is 5.82 Å².